The first-order chi connectivity index (χ1) is 14.1. The van der Waals surface area contributed by atoms with Crippen LogP contribution in [-0.2, 0) is 19.4 Å². The molecule has 4 rings (SSSR count). The second-order valence-corrected chi connectivity index (χ2v) is 7.07. The van der Waals surface area contributed by atoms with Gasteiger partial charge in [-0.3, -0.25) is 9.55 Å². The van der Waals surface area contributed by atoms with Crippen molar-refractivity contribution < 1.29 is 9.84 Å². The van der Waals surface area contributed by atoms with Gasteiger partial charge in [-0.25, -0.2) is 4.79 Å². The number of nitrogens with zero attached hydrogens (tertiary/aromatic N) is 1. The SMILES string of the molecule is COc1ccc(Cc2c(O)[nH]c(=O)n2Cc2ccc3[nH]cc(CCN)c3c2)cc1. The maximum absolute atomic E-state index is 12.4. The van der Waals surface area contributed by atoms with Crippen LogP contribution in [0.25, 0.3) is 10.9 Å². The van der Waals surface area contributed by atoms with Crippen molar-refractivity contribution in [1.82, 2.24) is 14.5 Å². The number of H-pyrrole nitrogens is 2. The van der Waals surface area contributed by atoms with Gasteiger partial charge in [0.2, 0.25) is 5.88 Å². The van der Waals surface area contributed by atoms with Crippen LogP contribution in [0, 0.1) is 0 Å². The molecule has 2 aromatic heterocycles. The Morgan fingerprint density at radius 3 is 2.62 bits per heavy atom. The Bertz CT molecular complexity index is 1190. The zero-order valence-electron chi connectivity index (χ0n) is 16.2. The Morgan fingerprint density at radius 1 is 1.14 bits per heavy atom. The van der Waals surface area contributed by atoms with Crippen molar-refractivity contribution in [3.05, 3.63) is 81.5 Å². The molecule has 0 saturated heterocycles. The van der Waals surface area contributed by atoms with E-state index < -0.39 is 0 Å². The van der Waals surface area contributed by atoms with E-state index in [4.69, 9.17) is 10.5 Å². The van der Waals surface area contributed by atoms with Gasteiger partial charge in [0.25, 0.3) is 0 Å². The minimum atomic E-state index is -0.331. The molecule has 0 saturated carbocycles. The average molecular weight is 392 g/mol. The molecule has 0 aliphatic carbocycles. The van der Waals surface area contributed by atoms with Crippen LogP contribution in [-0.4, -0.2) is 33.3 Å². The summed E-state index contributed by atoms with van der Waals surface area (Å²) in [6, 6.07) is 13.6. The van der Waals surface area contributed by atoms with Gasteiger partial charge in [-0.05, 0) is 53.9 Å². The maximum Gasteiger partial charge on any atom is 0.328 e. The van der Waals surface area contributed by atoms with E-state index in [-0.39, 0.29) is 11.6 Å². The smallest absolute Gasteiger partial charge is 0.328 e. The first kappa shape index (κ1) is 18.9. The highest BCUT2D eigenvalue weighted by molar-refractivity contribution is 5.83. The van der Waals surface area contributed by atoms with Crippen molar-refractivity contribution in [2.45, 2.75) is 19.4 Å². The molecule has 0 spiro atoms. The van der Waals surface area contributed by atoms with Crippen molar-refractivity contribution in [1.29, 1.82) is 0 Å². The van der Waals surface area contributed by atoms with Crippen LogP contribution in [0.5, 0.6) is 11.6 Å². The normalized spacial score (nSPS) is 11.2. The van der Waals surface area contributed by atoms with Gasteiger partial charge >= 0.3 is 5.69 Å². The van der Waals surface area contributed by atoms with Gasteiger partial charge in [-0.1, -0.05) is 18.2 Å². The predicted molar refractivity (Wildman–Crippen MR) is 113 cm³/mol. The average Bonchev–Trinajstić information content (AvgIpc) is 3.24. The van der Waals surface area contributed by atoms with E-state index in [1.807, 2.05) is 42.6 Å². The Kier molecular flexibility index (Phi) is 5.14. The fraction of sp³-hybridized carbons (Fsp3) is 0.227. The van der Waals surface area contributed by atoms with E-state index in [2.05, 4.69) is 16.0 Å². The van der Waals surface area contributed by atoms with E-state index in [0.717, 1.165) is 39.8 Å². The molecule has 7 heteroatoms. The topological polar surface area (TPSA) is 109 Å². The second-order valence-electron chi connectivity index (χ2n) is 7.07. The number of hydrogen-bond donors (Lipinski definition) is 4. The molecule has 7 nitrogen and oxygen atoms in total. The molecule has 29 heavy (non-hydrogen) atoms. The standard InChI is InChI=1S/C22H24N4O3/c1-29-17-5-2-14(3-6-17)11-20-21(27)25-22(28)26(20)13-15-4-7-19-18(10-15)16(8-9-23)12-24-19/h2-7,10,12,24,27H,8-9,11,13,23H2,1H3,(H,25,28). The third kappa shape index (κ3) is 3.77. The maximum atomic E-state index is 12.4. The van der Waals surface area contributed by atoms with Gasteiger partial charge in [0.15, 0.2) is 0 Å². The number of imidazole rings is 1. The number of rotatable bonds is 7. The monoisotopic (exact) mass is 392 g/mol. The van der Waals surface area contributed by atoms with Gasteiger partial charge in [-0.15, -0.1) is 0 Å². The summed E-state index contributed by atoms with van der Waals surface area (Å²) in [5, 5.41) is 11.4. The van der Waals surface area contributed by atoms with Crippen molar-refractivity contribution in [3.63, 3.8) is 0 Å². The van der Waals surface area contributed by atoms with E-state index in [0.29, 0.717) is 25.2 Å². The van der Waals surface area contributed by atoms with E-state index in [1.54, 1.807) is 11.7 Å². The fourth-order valence-electron chi connectivity index (χ4n) is 3.64. The lowest BCUT2D eigenvalue weighted by Crippen LogP contribution is -2.19. The molecule has 0 aliphatic heterocycles. The predicted octanol–water partition coefficient (Wildman–Crippen LogP) is 2.51. The molecular weight excluding hydrogens is 368 g/mol. The zero-order chi connectivity index (χ0) is 20.4. The van der Waals surface area contributed by atoms with E-state index >= 15 is 0 Å². The van der Waals surface area contributed by atoms with Crippen LogP contribution in [0.2, 0.25) is 0 Å². The fourth-order valence-corrected chi connectivity index (χ4v) is 3.64. The summed E-state index contributed by atoms with van der Waals surface area (Å²) in [6.45, 7) is 0.943. The Labute approximate surface area is 167 Å². The number of nitrogens with two attached hydrogens (primary N) is 1. The molecule has 150 valence electrons. The number of methoxy groups -OCH3 is 1. The molecule has 0 unspecified atom stereocenters. The third-order valence-corrected chi connectivity index (χ3v) is 5.19. The number of aromatic nitrogens is 3. The minimum absolute atomic E-state index is 0.0997. The highest BCUT2D eigenvalue weighted by Crippen LogP contribution is 2.23. The molecule has 0 bridgehead atoms. The van der Waals surface area contributed by atoms with Crippen molar-refractivity contribution in [2.75, 3.05) is 13.7 Å². The lowest BCUT2D eigenvalue weighted by Gasteiger charge is -2.09. The number of nitrogens with one attached hydrogen (secondary N) is 2. The number of fused-ring (bicyclic) bond motifs is 1. The summed E-state index contributed by atoms with van der Waals surface area (Å²) in [5.41, 5.74) is 10.1. The number of aromatic hydroxyl groups is 1. The quantitative estimate of drug-likeness (QED) is 0.387. The van der Waals surface area contributed by atoms with Crippen LogP contribution < -0.4 is 16.2 Å². The molecule has 0 aliphatic rings. The summed E-state index contributed by atoms with van der Waals surface area (Å²) < 4.78 is 6.76. The molecule has 0 fully saturated rings. The third-order valence-electron chi connectivity index (χ3n) is 5.19. The highest BCUT2D eigenvalue weighted by atomic mass is 16.5. The highest BCUT2D eigenvalue weighted by Gasteiger charge is 2.15. The lowest BCUT2D eigenvalue weighted by molar-refractivity contribution is 0.414. The van der Waals surface area contributed by atoms with E-state index in [1.165, 1.54) is 0 Å². The van der Waals surface area contributed by atoms with Crippen LogP contribution in [0.15, 0.2) is 53.5 Å². The number of aromatic amines is 2. The summed E-state index contributed by atoms with van der Waals surface area (Å²) in [4.78, 5) is 18.2. The molecule has 5 N–H and O–H groups in total. The van der Waals surface area contributed by atoms with Gasteiger partial charge < -0.3 is 20.6 Å². The summed E-state index contributed by atoms with van der Waals surface area (Å²) in [6.07, 6.45) is 3.20. The lowest BCUT2D eigenvalue weighted by atomic mass is 10.1. The zero-order valence-corrected chi connectivity index (χ0v) is 16.2. The van der Waals surface area contributed by atoms with Crippen molar-refractivity contribution >= 4 is 10.9 Å². The minimum Gasteiger partial charge on any atom is -0.497 e. The van der Waals surface area contributed by atoms with Crippen LogP contribution in [0.3, 0.4) is 0 Å². The van der Waals surface area contributed by atoms with Gasteiger partial charge in [0.1, 0.15) is 5.75 Å². The second kappa shape index (κ2) is 7.89. The Morgan fingerprint density at radius 2 is 1.90 bits per heavy atom. The van der Waals surface area contributed by atoms with Crippen molar-refractivity contribution in [2.24, 2.45) is 5.73 Å². The Balaban J connectivity index is 1.66. The van der Waals surface area contributed by atoms with Gasteiger partial charge in [-0.2, -0.15) is 0 Å². The van der Waals surface area contributed by atoms with E-state index in [9.17, 15) is 9.90 Å². The summed E-state index contributed by atoms with van der Waals surface area (Å²) >= 11 is 0. The molecule has 0 radical (unpaired) electrons. The van der Waals surface area contributed by atoms with Crippen LogP contribution >= 0.6 is 0 Å². The van der Waals surface area contributed by atoms with Crippen LogP contribution in [0.4, 0.5) is 0 Å². The molecular formula is C22H24N4O3. The number of ether oxygens (including phenoxy) is 1. The summed E-state index contributed by atoms with van der Waals surface area (Å²) in [7, 11) is 1.62. The molecule has 4 aromatic rings. The van der Waals surface area contributed by atoms with Crippen LogP contribution in [0.1, 0.15) is 22.4 Å². The summed E-state index contributed by atoms with van der Waals surface area (Å²) in [5.74, 6) is 0.662. The first-order valence-corrected chi connectivity index (χ1v) is 9.51. The molecule has 2 aromatic carbocycles. The Hall–Kier alpha value is -3.45. The van der Waals surface area contributed by atoms with Gasteiger partial charge in [0.05, 0.1) is 19.3 Å². The molecule has 0 amide bonds. The number of hydrogen-bond acceptors (Lipinski definition) is 4. The molecule has 2 heterocycles. The number of benzene rings is 2. The largest absolute Gasteiger partial charge is 0.497 e. The first-order valence-electron chi connectivity index (χ1n) is 9.51. The van der Waals surface area contributed by atoms with Gasteiger partial charge in [0, 0.05) is 23.5 Å². The van der Waals surface area contributed by atoms with Crippen molar-refractivity contribution in [3.8, 4) is 11.6 Å². The molecule has 0 atom stereocenters.